The van der Waals surface area contributed by atoms with E-state index in [1.807, 2.05) is 0 Å². The minimum atomic E-state index is -0.661. The van der Waals surface area contributed by atoms with Gasteiger partial charge in [-0.15, -0.1) is 0 Å². The number of hydrogen-bond acceptors (Lipinski definition) is 4. The first-order chi connectivity index (χ1) is 16.1. The normalized spacial score (nSPS) is 44.9. The van der Waals surface area contributed by atoms with Crippen LogP contribution in [0.4, 0.5) is 0 Å². The van der Waals surface area contributed by atoms with Crippen molar-refractivity contribution in [2.24, 2.45) is 46.3 Å². The first kappa shape index (κ1) is 26.4. The lowest BCUT2D eigenvalue weighted by Crippen LogP contribution is -2.59. The molecule has 9 unspecified atom stereocenters. The summed E-state index contributed by atoms with van der Waals surface area (Å²) in [5.74, 6) is 2.97. The van der Waals surface area contributed by atoms with Gasteiger partial charge in [-0.05, 0) is 104 Å². The van der Waals surface area contributed by atoms with E-state index in [9.17, 15) is 15.0 Å². The fourth-order valence-corrected chi connectivity index (χ4v) is 9.65. The van der Waals surface area contributed by atoms with E-state index < -0.39 is 5.97 Å². The number of hydrogen-bond donors (Lipinski definition) is 4. The highest BCUT2D eigenvalue weighted by Crippen LogP contribution is 2.68. The third-order valence-electron chi connectivity index (χ3n) is 11.4. The molecule has 4 fully saturated rings. The van der Waals surface area contributed by atoms with Crippen LogP contribution in [-0.2, 0) is 4.79 Å². The Morgan fingerprint density at radius 2 is 1.65 bits per heavy atom. The average molecular weight is 477 g/mol. The fourth-order valence-electron chi connectivity index (χ4n) is 9.65. The molecule has 10 atom stereocenters. The molecule has 4 rings (SSSR count). The van der Waals surface area contributed by atoms with Gasteiger partial charge in [-0.1, -0.05) is 34.6 Å². The number of carboxylic acids is 1. The zero-order valence-electron chi connectivity index (χ0n) is 22.5. The summed E-state index contributed by atoms with van der Waals surface area (Å²) in [4.78, 5) is 11.2. The summed E-state index contributed by atoms with van der Waals surface area (Å²) < 4.78 is 0. The van der Waals surface area contributed by atoms with Gasteiger partial charge in [-0.25, -0.2) is 0 Å². The fraction of sp³-hybridized carbons (Fsp3) is 0.966. The highest BCUT2D eigenvalue weighted by atomic mass is 16.4. The highest BCUT2D eigenvalue weighted by molar-refractivity contribution is 5.66. The van der Waals surface area contributed by atoms with Gasteiger partial charge in [0.15, 0.2) is 0 Å². The number of rotatable bonds is 9. The average Bonchev–Trinajstić information content (AvgIpc) is 3.13. The Kier molecular flexibility index (Phi) is 8.06. The van der Waals surface area contributed by atoms with Crippen molar-refractivity contribution in [2.75, 3.05) is 13.1 Å². The first-order valence-electron chi connectivity index (χ1n) is 14.4. The topological polar surface area (TPSA) is 81.6 Å². The van der Waals surface area contributed by atoms with Crippen LogP contribution in [0.3, 0.4) is 0 Å². The number of aliphatic hydroxyl groups is 1. The lowest BCUT2D eigenvalue weighted by molar-refractivity contribution is -0.162. The molecule has 5 heteroatoms. The van der Waals surface area contributed by atoms with Crippen LogP contribution in [0.1, 0.15) is 98.8 Å². The van der Waals surface area contributed by atoms with E-state index in [-0.39, 0.29) is 11.5 Å². The summed E-state index contributed by atoms with van der Waals surface area (Å²) >= 11 is 0. The SMILES string of the molecule is CC(C)NCCNC1CCC2(C)C3CCC4(C)C(C(C)CCC(=O)O)CCC4C3CC(O)[C@H]2C1. The van der Waals surface area contributed by atoms with Gasteiger partial charge in [0.2, 0.25) is 0 Å². The van der Waals surface area contributed by atoms with E-state index in [2.05, 4.69) is 45.3 Å². The maximum atomic E-state index is 11.5. The molecule has 0 spiro atoms. The second-order valence-electron chi connectivity index (χ2n) is 13.5. The van der Waals surface area contributed by atoms with Gasteiger partial charge in [-0.2, -0.15) is 0 Å². The number of carboxylic acid groups (broad SMARTS) is 1. The quantitative estimate of drug-likeness (QED) is 0.349. The van der Waals surface area contributed by atoms with Crippen LogP contribution < -0.4 is 10.6 Å². The Balaban J connectivity index is 1.41. The zero-order valence-corrected chi connectivity index (χ0v) is 22.5. The zero-order chi connectivity index (χ0) is 24.7. The van der Waals surface area contributed by atoms with Crippen molar-refractivity contribution >= 4 is 5.97 Å². The molecule has 4 aliphatic rings. The molecule has 0 aromatic rings. The number of nitrogens with one attached hydrogen (secondary N) is 2. The van der Waals surface area contributed by atoms with E-state index in [1.54, 1.807) is 0 Å². The van der Waals surface area contributed by atoms with Crippen LogP contribution in [0.5, 0.6) is 0 Å². The van der Waals surface area contributed by atoms with Gasteiger partial charge in [0.1, 0.15) is 0 Å². The third kappa shape index (κ3) is 4.95. The maximum Gasteiger partial charge on any atom is 0.303 e. The van der Waals surface area contributed by atoms with Crippen LogP contribution in [0.25, 0.3) is 0 Å². The first-order valence-corrected chi connectivity index (χ1v) is 14.4. The number of aliphatic carboxylic acids is 1. The molecule has 34 heavy (non-hydrogen) atoms. The van der Waals surface area contributed by atoms with Crippen molar-refractivity contribution in [1.82, 2.24) is 10.6 Å². The molecule has 0 aromatic carbocycles. The van der Waals surface area contributed by atoms with E-state index in [0.29, 0.717) is 53.5 Å². The molecule has 0 saturated heterocycles. The number of fused-ring (bicyclic) bond motifs is 5. The van der Waals surface area contributed by atoms with Gasteiger partial charge in [0.25, 0.3) is 0 Å². The largest absolute Gasteiger partial charge is 0.481 e. The van der Waals surface area contributed by atoms with Gasteiger partial charge in [-0.3, -0.25) is 4.79 Å². The summed E-state index contributed by atoms with van der Waals surface area (Å²) in [5, 5.41) is 28.0. The summed E-state index contributed by atoms with van der Waals surface area (Å²) in [6.07, 6.45) is 10.6. The molecule has 0 aliphatic heterocycles. The van der Waals surface area contributed by atoms with E-state index in [1.165, 1.54) is 38.5 Å². The van der Waals surface area contributed by atoms with Crippen LogP contribution in [0, 0.1) is 46.3 Å². The van der Waals surface area contributed by atoms with Crippen molar-refractivity contribution in [3.05, 3.63) is 0 Å². The molecular weight excluding hydrogens is 424 g/mol. The van der Waals surface area contributed by atoms with Crippen LogP contribution in [0.2, 0.25) is 0 Å². The summed E-state index contributed by atoms with van der Waals surface area (Å²) in [5.41, 5.74) is 0.592. The smallest absolute Gasteiger partial charge is 0.303 e. The molecule has 0 bridgehead atoms. The molecule has 0 heterocycles. The molecule has 4 saturated carbocycles. The second-order valence-corrected chi connectivity index (χ2v) is 13.5. The van der Waals surface area contributed by atoms with E-state index in [4.69, 9.17) is 0 Å². The maximum absolute atomic E-state index is 11.5. The summed E-state index contributed by atoms with van der Waals surface area (Å²) in [6.45, 7) is 13.8. The minimum Gasteiger partial charge on any atom is -0.481 e. The third-order valence-corrected chi connectivity index (χ3v) is 11.4. The number of carbonyl (C=O) groups is 1. The molecule has 5 nitrogen and oxygen atoms in total. The molecular formula is C29H52N2O3. The van der Waals surface area contributed by atoms with Gasteiger partial charge >= 0.3 is 5.97 Å². The highest BCUT2D eigenvalue weighted by Gasteiger charge is 2.62. The van der Waals surface area contributed by atoms with Crippen molar-refractivity contribution in [3.63, 3.8) is 0 Å². The molecule has 0 radical (unpaired) electrons. The van der Waals surface area contributed by atoms with Crippen molar-refractivity contribution in [1.29, 1.82) is 0 Å². The Morgan fingerprint density at radius 1 is 0.941 bits per heavy atom. The molecule has 4 N–H and O–H groups in total. The molecule has 4 aliphatic carbocycles. The lowest BCUT2D eigenvalue weighted by Gasteiger charge is -2.62. The Labute approximate surface area is 208 Å². The van der Waals surface area contributed by atoms with Crippen LogP contribution in [0.15, 0.2) is 0 Å². The molecule has 0 aromatic heterocycles. The predicted octanol–water partition coefficient (Wildman–Crippen LogP) is 5.07. The minimum absolute atomic E-state index is 0.171. The van der Waals surface area contributed by atoms with Crippen molar-refractivity contribution in [3.8, 4) is 0 Å². The summed E-state index contributed by atoms with van der Waals surface area (Å²) in [6, 6.07) is 1.07. The van der Waals surface area contributed by atoms with Crippen molar-refractivity contribution < 1.29 is 15.0 Å². The Hall–Kier alpha value is -0.650. The van der Waals surface area contributed by atoms with E-state index in [0.717, 1.165) is 38.3 Å². The summed E-state index contributed by atoms with van der Waals surface area (Å²) in [7, 11) is 0. The van der Waals surface area contributed by atoms with Crippen LogP contribution in [-0.4, -0.2) is 47.5 Å². The second kappa shape index (κ2) is 10.4. The lowest BCUT2D eigenvalue weighted by atomic mass is 9.43. The Bertz CT molecular complexity index is 713. The predicted molar refractivity (Wildman–Crippen MR) is 138 cm³/mol. The Morgan fingerprint density at radius 3 is 2.35 bits per heavy atom. The monoisotopic (exact) mass is 476 g/mol. The molecule has 0 amide bonds. The standard InChI is InChI=1S/C29H52N2O3/c1-18(2)30-14-15-31-20-10-12-29(5)24-11-13-28(4)22(19(3)6-9-27(33)34)7-8-23(28)21(24)17-26(32)25(29)16-20/h18-26,30-32H,6-17H2,1-5H3,(H,33,34)/t19?,20?,21?,22?,23?,24?,25-,26?,28?,29?/m1/s1. The van der Waals surface area contributed by atoms with Crippen molar-refractivity contribution in [2.45, 2.75) is 117 Å². The molecule has 196 valence electrons. The van der Waals surface area contributed by atoms with Gasteiger partial charge < -0.3 is 20.8 Å². The van der Waals surface area contributed by atoms with Gasteiger partial charge in [0, 0.05) is 31.6 Å². The van der Waals surface area contributed by atoms with E-state index >= 15 is 0 Å². The number of aliphatic hydroxyl groups excluding tert-OH is 1. The van der Waals surface area contributed by atoms with Gasteiger partial charge in [0.05, 0.1) is 6.10 Å². The van der Waals surface area contributed by atoms with Crippen LogP contribution >= 0.6 is 0 Å².